The monoisotopic (exact) mass is 520 g/mol. The van der Waals surface area contributed by atoms with Gasteiger partial charge in [-0.25, -0.2) is 4.79 Å². The van der Waals surface area contributed by atoms with Crippen LogP contribution in [0.1, 0.15) is 35.9 Å². The molecule has 0 aliphatic carbocycles. The minimum Gasteiger partial charge on any atom is -0.465 e. The molecule has 3 heterocycles. The summed E-state index contributed by atoms with van der Waals surface area (Å²) in [5.74, 6) is 0.238. The number of benzene rings is 1. The third kappa shape index (κ3) is 5.63. The molecule has 0 radical (unpaired) electrons. The van der Waals surface area contributed by atoms with Crippen molar-refractivity contribution >= 4 is 51.6 Å². The molecular weight excluding hydrogens is 496 g/mol. The molecule has 0 bridgehead atoms. The topological polar surface area (TPSA) is 95.3 Å². The fourth-order valence-electron chi connectivity index (χ4n) is 3.75. The summed E-state index contributed by atoms with van der Waals surface area (Å²) in [5.41, 5.74) is 1.81. The van der Waals surface area contributed by atoms with Gasteiger partial charge in [-0.3, -0.25) is 4.79 Å². The Hall–Kier alpha value is -2.40. The maximum Gasteiger partial charge on any atom is 0.341 e. The Bertz CT molecular complexity index is 1160. The Labute approximate surface area is 211 Å². The van der Waals surface area contributed by atoms with Gasteiger partial charge in [-0.05, 0) is 30.5 Å². The molecule has 1 unspecified atom stereocenters. The number of hydrogen-bond donors (Lipinski definition) is 1. The number of nitrogens with zero attached hydrogens (tertiary/aromatic N) is 3. The minimum absolute atomic E-state index is 0.127. The van der Waals surface area contributed by atoms with Crippen LogP contribution in [0.15, 0.2) is 34.8 Å². The lowest BCUT2D eigenvalue weighted by molar-refractivity contribution is -0.113. The van der Waals surface area contributed by atoms with Crippen molar-refractivity contribution in [2.24, 2.45) is 0 Å². The first-order valence-electron chi connectivity index (χ1n) is 10.9. The lowest BCUT2D eigenvalue weighted by Crippen LogP contribution is -2.19. The van der Waals surface area contributed by atoms with Crippen LogP contribution in [-0.4, -0.2) is 52.2 Å². The summed E-state index contributed by atoms with van der Waals surface area (Å²) in [5, 5.41) is 15.0. The van der Waals surface area contributed by atoms with E-state index < -0.39 is 5.97 Å². The first-order chi connectivity index (χ1) is 16.5. The SMILES string of the molecule is CCc1nnc(SCC(=O)Nc2scc(-c3ccc(Cl)cc3)c2C(=O)OC)n1CC1CCCO1. The van der Waals surface area contributed by atoms with Gasteiger partial charge >= 0.3 is 5.97 Å². The fraction of sp³-hybridized carbons (Fsp3) is 0.391. The van der Waals surface area contributed by atoms with Gasteiger partial charge in [-0.15, -0.1) is 21.5 Å². The van der Waals surface area contributed by atoms with Gasteiger partial charge in [0.1, 0.15) is 16.4 Å². The number of amides is 1. The van der Waals surface area contributed by atoms with Crippen molar-refractivity contribution < 1.29 is 19.1 Å². The third-order valence-corrected chi connectivity index (χ3v) is 7.56. The molecule has 34 heavy (non-hydrogen) atoms. The average molecular weight is 521 g/mol. The van der Waals surface area contributed by atoms with Crippen LogP contribution >= 0.6 is 34.7 Å². The number of rotatable bonds is 9. The number of aryl methyl sites for hydroxylation is 1. The smallest absolute Gasteiger partial charge is 0.341 e. The van der Waals surface area contributed by atoms with Crippen molar-refractivity contribution in [1.82, 2.24) is 14.8 Å². The van der Waals surface area contributed by atoms with E-state index in [1.807, 2.05) is 29.0 Å². The summed E-state index contributed by atoms with van der Waals surface area (Å²) in [6, 6.07) is 7.15. The molecule has 2 aromatic heterocycles. The number of nitrogens with one attached hydrogen (secondary N) is 1. The first kappa shape index (κ1) is 24.7. The number of anilines is 1. The van der Waals surface area contributed by atoms with Crippen LogP contribution in [0, 0.1) is 0 Å². The lowest BCUT2D eigenvalue weighted by atomic mass is 10.0. The first-order valence-corrected chi connectivity index (χ1v) is 13.2. The van der Waals surface area contributed by atoms with E-state index in [1.54, 1.807) is 12.1 Å². The minimum atomic E-state index is -0.516. The summed E-state index contributed by atoms with van der Waals surface area (Å²) in [6.07, 6.45) is 2.96. The van der Waals surface area contributed by atoms with Crippen LogP contribution in [0.25, 0.3) is 11.1 Å². The van der Waals surface area contributed by atoms with E-state index in [2.05, 4.69) is 15.5 Å². The summed E-state index contributed by atoms with van der Waals surface area (Å²) >= 11 is 8.58. The van der Waals surface area contributed by atoms with Gasteiger partial charge in [0.15, 0.2) is 5.16 Å². The molecule has 4 rings (SSSR count). The number of halogens is 1. The Morgan fingerprint density at radius 3 is 2.79 bits per heavy atom. The predicted octanol–water partition coefficient (Wildman–Crippen LogP) is 4.92. The van der Waals surface area contributed by atoms with Gasteiger partial charge in [0.05, 0.1) is 25.5 Å². The van der Waals surface area contributed by atoms with Crippen molar-refractivity contribution in [2.45, 2.75) is 44.0 Å². The zero-order valence-electron chi connectivity index (χ0n) is 18.9. The van der Waals surface area contributed by atoms with E-state index in [9.17, 15) is 9.59 Å². The van der Waals surface area contributed by atoms with Crippen molar-refractivity contribution in [3.63, 3.8) is 0 Å². The second-order valence-electron chi connectivity index (χ2n) is 7.69. The van der Waals surface area contributed by atoms with Gasteiger partial charge in [-0.1, -0.05) is 42.4 Å². The molecule has 1 aromatic carbocycles. The molecular formula is C23H25ClN4O4S2. The molecule has 0 spiro atoms. The van der Waals surface area contributed by atoms with Gasteiger partial charge in [-0.2, -0.15) is 0 Å². The number of ether oxygens (including phenoxy) is 2. The fourth-order valence-corrected chi connectivity index (χ4v) is 5.62. The molecule has 1 atom stereocenters. The maximum atomic E-state index is 12.8. The Morgan fingerprint density at radius 1 is 1.32 bits per heavy atom. The normalized spacial score (nSPS) is 15.4. The number of aromatic nitrogens is 3. The van der Waals surface area contributed by atoms with Crippen molar-refractivity contribution in [2.75, 3.05) is 24.8 Å². The maximum absolute atomic E-state index is 12.8. The van der Waals surface area contributed by atoms with Crippen molar-refractivity contribution in [3.8, 4) is 11.1 Å². The number of carbonyl (C=O) groups is 2. The number of methoxy groups -OCH3 is 1. The van der Waals surface area contributed by atoms with Gasteiger partial charge in [0.2, 0.25) is 5.91 Å². The van der Waals surface area contributed by atoms with Crippen LogP contribution in [-0.2, 0) is 27.2 Å². The summed E-state index contributed by atoms with van der Waals surface area (Å²) < 4.78 is 12.8. The lowest BCUT2D eigenvalue weighted by Gasteiger charge is -2.14. The van der Waals surface area contributed by atoms with Crippen molar-refractivity contribution in [1.29, 1.82) is 0 Å². The molecule has 11 heteroatoms. The van der Waals surface area contributed by atoms with Crippen LogP contribution in [0.3, 0.4) is 0 Å². The highest BCUT2D eigenvalue weighted by molar-refractivity contribution is 7.99. The van der Waals surface area contributed by atoms with E-state index >= 15 is 0 Å². The Balaban J connectivity index is 1.47. The predicted molar refractivity (Wildman–Crippen MR) is 134 cm³/mol. The van der Waals surface area contributed by atoms with Crippen LogP contribution in [0.4, 0.5) is 5.00 Å². The van der Waals surface area contributed by atoms with E-state index in [0.717, 1.165) is 37.3 Å². The second kappa shape index (κ2) is 11.4. The zero-order valence-corrected chi connectivity index (χ0v) is 21.3. The zero-order chi connectivity index (χ0) is 24.1. The molecule has 0 saturated carbocycles. The Morgan fingerprint density at radius 2 is 2.12 bits per heavy atom. The highest BCUT2D eigenvalue weighted by Crippen LogP contribution is 2.36. The van der Waals surface area contributed by atoms with E-state index in [1.165, 1.54) is 30.2 Å². The van der Waals surface area contributed by atoms with Crippen molar-refractivity contribution in [3.05, 3.63) is 46.1 Å². The molecule has 1 aliphatic heterocycles. The molecule has 1 amide bonds. The standard InChI is InChI=1S/C23H25ClN4O4S2/c1-3-18-26-27-23(28(18)11-16-5-4-10-32-16)34-13-19(29)25-21-20(22(30)31-2)17(12-33-21)14-6-8-15(24)9-7-14/h6-9,12,16H,3-5,10-11,13H2,1-2H3,(H,25,29). The molecule has 1 N–H and O–H groups in total. The average Bonchev–Trinajstić information content (AvgIpc) is 3.59. The molecule has 180 valence electrons. The number of esters is 1. The van der Waals surface area contributed by atoms with E-state index in [4.69, 9.17) is 21.1 Å². The van der Waals surface area contributed by atoms with Crippen LogP contribution in [0.2, 0.25) is 5.02 Å². The number of carbonyl (C=O) groups excluding carboxylic acids is 2. The van der Waals surface area contributed by atoms with E-state index in [0.29, 0.717) is 32.9 Å². The van der Waals surface area contributed by atoms with Crippen LogP contribution in [0.5, 0.6) is 0 Å². The van der Waals surface area contributed by atoms with Gasteiger partial charge < -0.3 is 19.4 Å². The Kier molecular flexibility index (Phi) is 8.25. The molecule has 3 aromatic rings. The molecule has 1 fully saturated rings. The van der Waals surface area contributed by atoms with E-state index in [-0.39, 0.29) is 17.8 Å². The summed E-state index contributed by atoms with van der Waals surface area (Å²) in [7, 11) is 1.32. The third-order valence-electron chi connectivity index (χ3n) is 5.44. The number of thioether (sulfide) groups is 1. The second-order valence-corrected chi connectivity index (χ2v) is 9.95. The summed E-state index contributed by atoms with van der Waals surface area (Å²) in [6.45, 7) is 3.49. The highest BCUT2D eigenvalue weighted by Gasteiger charge is 2.24. The van der Waals surface area contributed by atoms with Gasteiger partial charge in [0, 0.05) is 29.0 Å². The van der Waals surface area contributed by atoms with Crippen LogP contribution < -0.4 is 5.32 Å². The largest absolute Gasteiger partial charge is 0.465 e. The summed E-state index contributed by atoms with van der Waals surface area (Å²) in [4.78, 5) is 25.3. The quantitative estimate of drug-likeness (QED) is 0.316. The number of hydrogen-bond acceptors (Lipinski definition) is 8. The molecule has 8 nitrogen and oxygen atoms in total. The van der Waals surface area contributed by atoms with Gasteiger partial charge in [0.25, 0.3) is 0 Å². The highest BCUT2D eigenvalue weighted by atomic mass is 35.5. The number of thiophene rings is 1. The molecule has 1 saturated heterocycles. The molecule has 1 aliphatic rings.